The molecule has 0 spiro atoms. The largest absolute Gasteiger partial charge is 0.388 e. The zero-order valence-corrected chi connectivity index (χ0v) is 17.0. The van der Waals surface area contributed by atoms with E-state index in [9.17, 15) is 14.7 Å². The molecule has 150 valence electrons. The topological polar surface area (TPSA) is 81.7 Å². The van der Waals surface area contributed by atoms with E-state index in [2.05, 4.69) is 10.6 Å². The van der Waals surface area contributed by atoms with Crippen molar-refractivity contribution in [2.45, 2.75) is 44.4 Å². The third-order valence-electron chi connectivity index (χ3n) is 5.12. The van der Waals surface area contributed by atoms with Crippen molar-refractivity contribution in [2.24, 2.45) is 0 Å². The molecule has 28 heavy (non-hydrogen) atoms. The standard InChI is InChI=1S/C21H27N3O3S/c1-3-12-22-20(26)24-13-11-21(2,27)18(17(24)16-10-7-14-28-16)23-19(25)15-8-5-4-6-9-15/h4-10,14,17-18,27H,3,11-13H2,1-2H3,(H,22,26)(H,23,25). The van der Waals surface area contributed by atoms with Crippen LogP contribution in [0.1, 0.15) is 48.0 Å². The third-order valence-corrected chi connectivity index (χ3v) is 6.07. The minimum Gasteiger partial charge on any atom is -0.388 e. The molecule has 2 aromatic rings. The normalized spacial score (nSPS) is 24.6. The van der Waals surface area contributed by atoms with Gasteiger partial charge >= 0.3 is 6.03 Å². The Morgan fingerprint density at radius 3 is 2.64 bits per heavy atom. The van der Waals surface area contributed by atoms with E-state index in [0.717, 1.165) is 11.3 Å². The number of likely N-dealkylation sites (tertiary alicyclic amines) is 1. The number of nitrogens with zero attached hydrogens (tertiary/aromatic N) is 1. The molecule has 7 heteroatoms. The first-order valence-corrected chi connectivity index (χ1v) is 10.5. The molecule has 3 amide bonds. The van der Waals surface area contributed by atoms with Crippen LogP contribution in [0.5, 0.6) is 0 Å². The number of rotatable bonds is 5. The van der Waals surface area contributed by atoms with Crippen molar-refractivity contribution in [1.29, 1.82) is 0 Å². The number of hydrogen-bond acceptors (Lipinski definition) is 4. The molecule has 3 atom stereocenters. The number of benzene rings is 1. The lowest BCUT2D eigenvalue weighted by atomic mass is 9.81. The molecule has 1 fully saturated rings. The summed E-state index contributed by atoms with van der Waals surface area (Å²) in [5.41, 5.74) is -0.614. The van der Waals surface area contributed by atoms with Crippen LogP contribution in [-0.4, -0.2) is 46.7 Å². The van der Waals surface area contributed by atoms with E-state index in [4.69, 9.17) is 0 Å². The van der Waals surface area contributed by atoms with E-state index in [1.54, 1.807) is 36.1 Å². The van der Waals surface area contributed by atoms with Gasteiger partial charge in [-0.2, -0.15) is 0 Å². The second kappa shape index (κ2) is 8.75. The smallest absolute Gasteiger partial charge is 0.318 e. The Hall–Kier alpha value is -2.38. The minimum atomic E-state index is -1.14. The van der Waals surface area contributed by atoms with Gasteiger partial charge in [0.15, 0.2) is 0 Å². The Kier molecular flexibility index (Phi) is 6.36. The lowest BCUT2D eigenvalue weighted by Gasteiger charge is -2.48. The Bertz CT molecular complexity index is 792. The summed E-state index contributed by atoms with van der Waals surface area (Å²) in [6.45, 7) is 4.73. The van der Waals surface area contributed by atoms with Crippen LogP contribution in [-0.2, 0) is 0 Å². The molecule has 1 aliphatic heterocycles. The molecular formula is C21H27N3O3S. The molecular weight excluding hydrogens is 374 g/mol. The number of carbonyl (C=O) groups is 2. The third kappa shape index (κ3) is 4.36. The van der Waals surface area contributed by atoms with E-state index in [-0.39, 0.29) is 11.9 Å². The number of aliphatic hydroxyl groups is 1. The van der Waals surface area contributed by atoms with Crippen molar-refractivity contribution < 1.29 is 14.7 Å². The van der Waals surface area contributed by atoms with Gasteiger partial charge in [0, 0.05) is 23.5 Å². The predicted octanol–water partition coefficient (Wildman–Crippen LogP) is 3.16. The summed E-state index contributed by atoms with van der Waals surface area (Å²) in [5.74, 6) is -0.261. The van der Waals surface area contributed by atoms with Crippen LogP contribution in [0.25, 0.3) is 0 Å². The molecule has 6 nitrogen and oxygen atoms in total. The van der Waals surface area contributed by atoms with Gasteiger partial charge in [-0.05, 0) is 43.3 Å². The number of nitrogens with one attached hydrogen (secondary N) is 2. The summed E-state index contributed by atoms with van der Waals surface area (Å²) < 4.78 is 0. The molecule has 3 N–H and O–H groups in total. The summed E-state index contributed by atoms with van der Waals surface area (Å²) in [7, 11) is 0. The van der Waals surface area contributed by atoms with Crippen LogP contribution in [0.15, 0.2) is 47.8 Å². The average molecular weight is 402 g/mol. The van der Waals surface area contributed by atoms with Crippen LogP contribution in [0, 0.1) is 0 Å². The number of amides is 3. The van der Waals surface area contributed by atoms with Crippen LogP contribution in [0.3, 0.4) is 0 Å². The first-order chi connectivity index (χ1) is 13.4. The number of hydrogen-bond donors (Lipinski definition) is 3. The summed E-state index contributed by atoms with van der Waals surface area (Å²) in [5, 5.41) is 19.0. The maximum atomic E-state index is 12.8. The maximum Gasteiger partial charge on any atom is 0.318 e. The summed E-state index contributed by atoms with van der Waals surface area (Å²) >= 11 is 1.52. The van der Waals surface area contributed by atoms with Gasteiger partial charge < -0.3 is 20.6 Å². The molecule has 2 heterocycles. The van der Waals surface area contributed by atoms with Gasteiger partial charge in [-0.15, -0.1) is 11.3 Å². The van der Waals surface area contributed by atoms with Gasteiger partial charge in [0.25, 0.3) is 5.91 Å². The molecule has 1 aliphatic rings. The van der Waals surface area contributed by atoms with Crippen molar-refractivity contribution in [2.75, 3.05) is 13.1 Å². The molecule has 1 saturated heterocycles. The second-order valence-corrected chi connectivity index (χ2v) is 8.29. The highest BCUT2D eigenvalue weighted by atomic mass is 32.1. The fourth-order valence-electron chi connectivity index (χ4n) is 3.55. The van der Waals surface area contributed by atoms with Crippen molar-refractivity contribution in [1.82, 2.24) is 15.5 Å². The Labute approximate surface area is 169 Å². The average Bonchev–Trinajstić information content (AvgIpc) is 3.22. The second-order valence-electron chi connectivity index (χ2n) is 7.31. The maximum absolute atomic E-state index is 12.8. The van der Waals surface area contributed by atoms with Gasteiger partial charge in [0.2, 0.25) is 0 Å². The Morgan fingerprint density at radius 2 is 2.00 bits per heavy atom. The number of urea groups is 1. The Balaban J connectivity index is 1.92. The molecule has 0 aliphatic carbocycles. The fourth-order valence-corrected chi connectivity index (χ4v) is 4.42. The minimum absolute atomic E-state index is 0.172. The van der Waals surface area contributed by atoms with E-state index >= 15 is 0 Å². The highest BCUT2D eigenvalue weighted by molar-refractivity contribution is 7.10. The highest BCUT2D eigenvalue weighted by Gasteiger charge is 2.48. The Morgan fingerprint density at radius 1 is 1.25 bits per heavy atom. The van der Waals surface area contributed by atoms with E-state index in [1.807, 2.05) is 30.5 Å². The molecule has 0 bridgehead atoms. The lowest BCUT2D eigenvalue weighted by Crippen LogP contribution is -2.64. The van der Waals surface area contributed by atoms with E-state index < -0.39 is 17.7 Å². The predicted molar refractivity (Wildman–Crippen MR) is 110 cm³/mol. The van der Waals surface area contributed by atoms with Gasteiger partial charge in [0.1, 0.15) is 0 Å². The molecule has 0 saturated carbocycles. The molecule has 0 radical (unpaired) electrons. The quantitative estimate of drug-likeness (QED) is 0.720. The summed E-state index contributed by atoms with van der Waals surface area (Å²) in [6, 6.07) is 11.5. The molecule has 1 aromatic heterocycles. The zero-order valence-electron chi connectivity index (χ0n) is 16.2. The number of piperidine rings is 1. The molecule has 3 rings (SSSR count). The SMILES string of the molecule is CCCNC(=O)N1CCC(C)(O)C(NC(=O)c2ccccc2)C1c1cccs1. The van der Waals surface area contributed by atoms with Gasteiger partial charge in [-0.1, -0.05) is 31.2 Å². The first kappa shape index (κ1) is 20.4. The van der Waals surface area contributed by atoms with E-state index in [1.165, 1.54) is 11.3 Å². The van der Waals surface area contributed by atoms with Crippen molar-refractivity contribution in [3.8, 4) is 0 Å². The highest BCUT2D eigenvalue weighted by Crippen LogP contribution is 2.39. The fraction of sp³-hybridized carbons (Fsp3) is 0.429. The van der Waals surface area contributed by atoms with Crippen molar-refractivity contribution >= 4 is 23.3 Å². The summed E-state index contributed by atoms with van der Waals surface area (Å²) in [6.07, 6.45) is 1.23. The number of thiophene rings is 1. The molecule has 1 aromatic carbocycles. The van der Waals surface area contributed by atoms with Crippen molar-refractivity contribution in [3.63, 3.8) is 0 Å². The lowest BCUT2D eigenvalue weighted by molar-refractivity contribution is -0.0503. The zero-order chi connectivity index (χ0) is 20.1. The molecule has 3 unspecified atom stereocenters. The van der Waals surface area contributed by atoms with Gasteiger partial charge in [0.05, 0.1) is 17.7 Å². The van der Waals surface area contributed by atoms with Gasteiger partial charge in [-0.25, -0.2) is 4.79 Å². The van der Waals surface area contributed by atoms with E-state index in [0.29, 0.717) is 25.1 Å². The van der Waals surface area contributed by atoms with Crippen LogP contribution < -0.4 is 10.6 Å². The van der Waals surface area contributed by atoms with Gasteiger partial charge in [-0.3, -0.25) is 4.79 Å². The first-order valence-electron chi connectivity index (χ1n) is 9.60. The number of carbonyl (C=O) groups excluding carboxylic acids is 2. The van der Waals surface area contributed by atoms with Crippen LogP contribution >= 0.6 is 11.3 Å². The van der Waals surface area contributed by atoms with Crippen molar-refractivity contribution in [3.05, 3.63) is 58.3 Å². The summed E-state index contributed by atoms with van der Waals surface area (Å²) in [4.78, 5) is 28.3. The van der Waals surface area contributed by atoms with Crippen LogP contribution in [0.2, 0.25) is 0 Å². The monoisotopic (exact) mass is 401 g/mol. The van der Waals surface area contributed by atoms with Crippen LogP contribution in [0.4, 0.5) is 4.79 Å².